The van der Waals surface area contributed by atoms with E-state index in [-0.39, 0.29) is 5.92 Å². The first-order valence-electron chi connectivity index (χ1n) is 6.46. The molecule has 1 fully saturated rings. The zero-order valence-corrected chi connectivity index (χ0v) is 10.5. The number of ether oxygens (including phenoxy) is 1. The van der Waals surface area contributed by atoms with Crippen LogP contribution in [0, 0.1) is 0 Å². The van der Waals surface area contributed by atoms with Crippen LogP contribution in [0.4, 0.5) is 0 Å². The molecule has 5 nitrogen and oxygen atoms in total. The van der Waals surface area contributed by atoms with E-state index in [1.807, 2.05) is 30.3 Å². The topological polar surface area (TPSA) is 68.4 Å². The van der Waals surface area contributed by atoms with Gasteiger partial charge in [-0.05, 0) is 12.0 Å². The molecule has 0 aliphatic carbocycles. The second kappa shape index (κ2) is 5.50. The predicted molar refractivity (Wildman–Crippen MR) is 67.6 cm³/mol. The van der Waals surface area contributed by atoms with E-state index in [9.17, 15) is 5.11 Å². The van der Waals surface area contributed by atoms with E-state index in [1.165, 1.54) is 0 Å². The van der Waals surface area contributed by atoms with Gasteiger partial charge in [-0.1, -0.05) is 35.5 Å². The Morgan fingerprint density at radius 2 is 2.16 bits per heavy atom. The number of rotatable bonds is 4. The highest BCUT2D eigenvalue weighted by molar-refractivity contribution is 5.18. The smallest absolute Gasteiger partial charge is 0.229 e. The molecule has 0 saturated carbocycles. The van der Waals surface area contributed by atoms with Crippen LogP contribution >= 0.6 is 0 Å². The van der Waals surface area contributed by atoms with Gasteiger partial charge in [0.1, 0.15) is 0 Å². The van der Waals surface area contributed by atoms with Gasteiger partial charge in [0.05, 0.1) is 19.1 Å². The molecule has 2 aromatic rings. The number of aliphatic hydroxyl groups is 1. The molecule has 100 valence electrons. The second-order valence-electron chi connectivity index (χ2n) is 4.74. The van der Waals surface area contributed by atoms with Crippen LogP contribution in [0.25, 0.3) is 0 Å². The Bertz CT molecular complexity index is 520. The van der Waals surface area contributed by atoms with E-state index < -0.39 is 6.10 Å². The van der Waals surface area contributed by atoms with Gasteiger partial charge in [0.2, 0.25) is 5.89 Å². The van der Waals surface area contributed by atoms with Crippen molar-refractivity contribution < 1.29 is 14.4 Å². The van der Waals surface area contributed by atoms with Gasteiger partial charge < -0.3 is 14.4 Å². The Morgan fingerprint density at radius 3 is 2.89 bits per heavy atom. The molecule has 0 amide bonds. The minimum absolute atomic E-state index is 0.228. The third-order valence-electron chi connectivity index (χ3n) is 3.33. The molecular formula is C14H16N2O3. The van der Waals surface area contributed by atoms with Crippen LogP contribution in [0.15, 0.2) is 34.9 Å². The minimum Gasteiger partial charge on any atom is -0.388 e. The Hall–Kier alpha value is -1.72. The fraction of sp³-hybridized carbons (Fsp3) is 0.429. The highest BCUT2D eigenvalue weighted by atomic mass is 16.5. The first-order valence-corrected chi connectivity index (χ1v) is 6.46. The molecule has 0 bridgehead atoms. The fourth-order valence-electron chi connectivity index (χ4n) is 2.21. The average molecular weight is 260 g/mol. The molecule has 1 aromatic heterocycles. The van der Waals surface area contributed by atoms with Crippen molar-refractivity contribution in [1.29, 1.82) is 0 Å². The Balaban J connectivity index is 1.66. The van der Waals surface area contributed by atoms with Gasteiger partial charge in [-0.25, -0.2) is 0 Å². The van der Waals surface area contributed by atoms with Crippen LogP contribution < -0.4 is 0 Å². The summed E-state index contributed by atoms with van der Waals surface area (Å²) in [6.45, 7) is 1.40. The lowest BCUT2D eigenvalue weighted by atomic mass is 10.1. The van der Waals surface area contributed by atoms with Crippen LogP contribution in [-0.4, -0.2) is 28.5 Å². The van der Waals surface area contributed by atoms with Gasteiger partial charge in [-0.3, -0.25) is 0 Å². The molecule has 1 N–H and O–H groups in total. The normalized spacial score (nSPS) is 20.6. The molecule has 2 heterocycles. The summed E-state index contributed by atoms with van der Waals surface area (Å²) in [5.41, 5.74) is 0.853. The van der Waals surface area contributed by atoms with Crippen LogP contribution in [0.1, 0.15) is 35.7 Å². The molecule has 2 unspecified atom stereocenters. The van der Waals surface area contributed by atoms with Gasteiger partial charge >= 0.3 is 0 Å². The maximum atomic E-state index is 10.1. The lowest BCUT2D eigenvalue weighted by Gasteiger charge is -2.07. The molecule has 2 atom stereocenters. The van der Waals surface area contributed by atoms with Crippen LogP contribution in [0.5, 0.6) is 0 Å². The van der Waals surface area contributed by atoms with Crippen molar-refractivity contribution in [1.82, 2.24) is 10.1 Å². The van der Waals surface area contributed by atoms with Crippen LogP contribution in [0.3, 0.4) is 0 Å². The van der Waals surface area contributed by atoms with Crippen molar-refractivity contribution in [3.05, 3.63) is 47.6 Å². The van der Waals surface area contributed by atoms with Crippen molar-refractivity contribution in [3.63, 3.8) is 0 Å². The molecule has 19 heavy (non-hydrogen) atoms. The first-order chi connectivity index (χ1) is 9.33. The van der Waals surface area contributed by atoms with E-state index in [0.717, 1.165) is 18.6 Å². The number of nitrogens with zero attached hydrogens (tertiary/aromatic N) is 2. The molecule has 1 saturated heterocycles. The SMILES string of the molecule is OC(Cc1nc(C2CCOC2)no1)c1ccccc1. The van der Waals surface area contributed by atoms with Crippen molar-refractivity contribution >= 4 is 0 Å². The van der Waals surface area contributed by atoms with Gasteiger partial charge in [0.15, 0.2) is 5.82 Å². The summed E-state index contributed by atoms with van der Waals surface area (Å²) in [6, 6.07) is 9.47. The summed E-state index contributed by atoms with van der Waals surface area (Å²) in [4.78, 5) is 4.34. The second-order valence-corrected chi connectivity index (χ2v) is 4.74. The van der Waals surface area contributed by atoms with Crippen molar-refractivity contribution in [2.45, 2.75) is 24.9 Å². The Labute approximate surface area is 111 Å². The first kappa shape index (κ1) is 12.3. The summed E-state index contributed by atoms with van der Waals surface area (Å²) in [5, 5.41) is 14.1. The molecule has 1 aliphatic rings. The molecule has 3 rings (SSSR count). The predicted octanol–water partition coefficient (Wildman–Crippen LogP) is 1.85. The number of hydrogen-bond acceptors (Lipinski definition) is 5. The van der Waals surface area contributed by atoms with Gasteiger partial charge in [0, 0.05) is 12.5 Å². The largest absolute Gasteiger partial charge is 0.388 e. The highest BCUT2D eigenvalue weighted by Crippen LogP contribution is 2.24. The van der Waals surface area contributed by atoms with Crippen LogP contribution in [-0.2, 0) is 11.2 Å². The monoisotopic (exact) mass is 260 g/mol. The van der Waals surface area contributed by atoms with E-state index in [4.69, 9.17) is 9.26 Å². The molecule has 0 radical (unpaired) electrons. The zero-order valence-electron chi connectivity index (χ0n) is 10.5. The van der Waals surface area contributed by atoms with Crippen LogP contribution in [0.2, 0.25) is 0 Å². The summed E-state index contributed by atoms with van der Waals surface area (Å²) >= 11 is 0. The summed E-state index contributed by atoms with van der Waals surface area (Å²) in [5.74, 6) is 1.39. The van der Waals surface area contributed by atoms with Gasteiger partial charge in [-0.15, -0.1) is 0 Å². The zero-order chi connectivity index (χ0) is 13.1. The third kappa shape index (κ3) is 2.83. The molecule has 0 spiro atoms. The minimum atomic E-state index is -0.616. The molecule has 1 aromatic carbocycles. The fourth-order valence-corrected chi connectivity index (χ4v) is 2.21. The summed E-state index contributed by atoms with van der Waals surface area (Å²) in [7, 11) is 0. The summed E-state index contributed by atoms with van der Waals surface area (Å²) < 4.78 is 10.5. The Morgan fingerprint density at radius 1 is 1.32 bits per heavy atom. The number of aliphatic hydroxyl groups excluding tert-OH is 1. The van der Waals surface area contributed by atoms with E-state index >= 15 is 0 Å². The summed E-state index contributed by atoms with van der Waals surface area (Å²) in [6.07, 6.45) is 0.652. The molecular weight excluding hydrogens is 244 g/mol. The molecule has 1 aliphatic heterocycles. The van der Waals surface area contributed by atoms with E-state index in [1.54, 1.807) is 0 Å². The number of hydrogen-bond donors (Lipinski definition) is 1. The van der Waals surface area contributed by atoms with Crippen molar-refractivity contribution in [2.24, 2.45) is 0 Å². The molecule has 5 heteroatoms. The third-order valence-corrected chi connectivity index (χ3v) is 3.33. The lowest BCUT2D eigenvalue weighted by molar-refractivity contribution is 0.164. The van der Waals surface area contributed by atoms with Gasteiger partial charge in [0.25, 0.3) is 0 Å². The maximum Gasteiger partial charge on any atom is 0.229 e. The average Bonchev–Trinajstić information content (AvgIpc) is 3.10. The van der Waals surface area contributed by atoms with Crippen molar-refractivity contribution in [3.8, 4) is 0 Å². The highest BCUT2D eigenvalue weighted by Gasteiger charge is 2.23. The maximum absolute atomic E-state index is 10.1. The van der Waals surface area contributed by atoms with E-state index in [0.29, 0.717) is 24.7 Å². The Kier molecular flexibility index (Phi) is 3.57. The number of aromatic nitrogens is 2. The van der Waals surface area contributed by atoms with E-state index in [2.05, 4.69) is 10.1 Å². The quantitative estimate of drug-likeness (QED) is 0.908. The van der Waals surface area contributed by atoms with Crippen molar-refractivity contribution in [2.75, 3.05) is 13.2 Å². The number of benzene rings is 1. The lowest BCUT2D eigenvalue weighted by Crippen LogP contribution is -2.03. The standard InChI is InChI=1S/C14H16N2O3/c17-12(10-4-2-1-3-5-10)8-13-15-14(16-19-13)11-6-7-18-9-11/h1-5,11-12,17H,6-9H2. The van der Waals surface area contributed by atoms with Gasteiger partial charge in [-0.2, -0.15) is 4.98 Å².